The van der Waals surface area contributed by atoms with E-state index in [2.05, 4.69) is 51.3 Å². The number of aromatic nitrogens is 3. The molecule has 0 radical (unpaired) electrons. The van der Waals surface area contributed by atoms with E-state index in [9.17, 15) is 4.79 Å². The topological polar surface area (TPSA) is 67.6 Å². The molecular weight excluding hydrogens is 512 g/mol. The van der Waals surface area contributed by atoms with Crippen LogP contribution in [-0.2, 0) is 6.54 Å². The first kappa shape index (κ1) is 26.3. The van der Waals surface area contributed by atoms with Crippen molar-refractivity contribution >= 4 is 17.4 Å². The number of nitrogens with zero attached hydrogens (tertiary/aromatic N) is 5. The van der Waals surface area contributed by atoms with E-state index in [0.717, 1.165) is 45.3 Å². The highest BCUT2D eigenvalue weighted by Gasteiger charge is 2.36. The molecule has 0 saturated carbocycles. The van der Waals surface area contributed by atoms with E-state index < -0.39 is 0 Å². The smallest absolute Gasteiger partial charge is 0.323 e. The predicted molar refractivity (Wildman–Crippen MR) is 163 cm³/mol. The second-order valence-corrected chi connectivity index (χ2v) is 10.6. The van der Waals surface area contributed by atoms with Crippen molar-refractivity contribution in [2.45, 2.75) is 26.4 Å². The average molecular weight is 547 g/mol. The van der Waals surface area contributed by atoms with Crippen molar-refractivity contribution in [1.29, 1.82) is 0 Å². The number of nitrogens with one attached hydrogen (secondary N) is 1. The number of anilines is 2. The Labute approximate surface area is 240 Å². The van der Waals surface area contributed by atoms with Crippen LogP contribution in [0.25, 0.3) is 11.5 Å². The molecule has 0 aliphatic carbocycles. The predicted octanol–water partition coefficient (Wildman–Crippen LogP) is 6.49. The van der Waals surface area contributed by atoms with E-state index in [0.29, 0.717) is 18.0 Å². The first-order valence-corrected chi connectivity index (χ1v) is 13.7. The number of hydrogen-bond donors (Lipinski definition) is 1. The number of amides is 2. The van der Waals surface area contributed by atoms with Gasteiger partial charge in [-0.25, -0.2) is 9.48 Å². The summed E-state index contributed by atoms with van der Waals surface area (Å²) in [6.45, 7) is 4.37. The van der Waals surface area contributed by atoms with Crippen molar-refractivity contribution in [2.24, 2.45) is 0 Å². The maximum absolute atomic E-state index is 14.3. The molecule has 0 fully saturated rings. The normalized spacial score (nSPS) is 14.2. The van der Waals surface area contributed by atoms with Crippen molar-refractivity contribution in [3.8, 4) is 17.3 Å². The van der Waals surface area contributed by atoms with E-state index in [1.54, 1.807) is 7.11 Å². The third-order valence-electron chi connectivity index (χ3n) is 7.67. The van der Waals surface area contributed by atoms with Crippen LogP contribution in [-0.4, -0.2) is 46.5 Å². The van der Waals surface area contributed by atoms with Gasteiger partial charge in [0.25, 0.3) is 0 Å². The highest BCUT2D eigenvalue weighted by atomic mass is 16.5. The summed E-state index contributed by atoms with van der Waals surface area (Å²) in [5, 5.41) is 8.10. The number of carbonyl (C=O) groups excluding carboxylic acids is 1. The monoisotopic (exact) mass is 546 g/mol. The molecule has 0 saturated heterocycles. The SMILES string of the molecule is COc1ccc(C)cc1NC(=O)N1Cc2c(C)nn(-c3ccccc3)c2-n2cccc2C1c1ccc(N(C)C)cc1. The first-order chi connectivity index (χ1) is 19.9. The lowest BCUT2D eigenvalue weighted by Crippen LogP contribution is -2.38. The van der Waals surface area contributed by atoms with E-state index in [1.807, 2.05) is 92.1 Å². The van der Waals surface area contributed by atoms with Gasteiger partial charge in [0.1, 0.15) is 11.6 Å². The van der Waals surface area contributed by atoms with Gasteiger partial charge < -0.3 is 24.4 Å². The van der Waals surface area contributed by atoms with Gasteiger partial charge in [0, 0.05) is 31.5 Å². The number of methoxy groups -OCH3 is 1. The summed E-state index contributed by atoms with van der Waals surface area (Å²) in [7, 11) is 5.66. The standard InChI is InChI=1S/C33H34N6O2/c1-22-13-18-30(41-5)28(20-22)34-33(40)38-21-27-23(2)35-39(26-10-7-6-8-11-26)32(27)37-19-9-12-29(37)31(38)24-14-16-25(17-15-24)36(3)4/h6-20,31H,21H2,1-5H3,(H,34,40). The number of rotatable bonds is 5. The summed E-state index contributed by atoms with van der Waals surface area (Å²) in [6.07, 6.45) is 2.06. The van der Waals surface area contributed by atoms with E-state index in [4.69, 9.17) is 9.84 Å². The number of fused-ring (bicyclic) bond motifs is 3. The third kappa shape index (κ3) is 4.71. The Kier molecular flexibility index (Phi) is 6.75. The fourth-order valence-electron chi connectivity index (χ4n) is 5.56. The van der Waals surface area contributed by atoms with Crippen molar-refractivity contribution in [3.63, 3.8) is 0 Å². The zero-order valence-corrected chi connectivity index (χ0v) is 24.0. The minimum Gasteiger partial charge on any atom is -0.495 e. The Morgan fingerprint density at radius 2 is 1.73 bits per heavy atom. The molecule has 0 spiro atoms. The molecule has 3 heterocycles. The summed E-state index contributed by atoms with van der Waals surface area (Å²) in [4.78, 5) is 18.3. The number of ether oxygens (including phenoxy) is 1. The van der Waals surface area contributed by atoms with Crippen LogP contribution in [0, 0.1) is 13.8 Å². The fourth-order valence-corrected chi connectivity index (χ4v) is 5.56. The minimum absolute atomic E-state index is 0.219. The third-order valence-corrected chi connectivity index (χ3v) is 7.67. The molecule has 0 bridgehead atoms. The maximum Gasteiger partial charge on any atom is 0.323 e. The van der Waals surface area contributed by atoms with Crippen molar-refractivity contribution in [1.82, 2.24) is 19.2 Å². The van der Waals surface area contributed by atoms with Gasteiger partial charge in [-0.1, -0.05) is 36.4 Å². The van der Waals surface area contributed by atoms with Crippen molar-refractivity contribution < 1.29 is 9.53 Å². The van der Waals surface area contributed by atoms with Gasteiger partial charge in [-0.3, -0.25) is 0 Å². The molecule has 41 heavy (non-hydrogen) atoms. The van der Waals surface area contributed by atoms with E-state index in [1.165, 1.54) is 0 Å². The van der Waals surface area contributed by atoms with Crippen LogP contribution >= 0.6 is 0 Å². The largest absolute Gasteiger partial charge is 0.495 e. The van der Waals surface area contributed by atoms with Gasteiger partial charge in [-0.15, -0.1) is 0 Å². The van der Waals surface area contributed by atoms with Crippen LogP contribution in [0.2, 0.25) is 0 Å². The number of para-hydroxylation sites is 1. The number of hydrogen-bond acceptors (Lipinski definition) is 4. The van der Waals surface area contributed by atoms with Crippen LogP contribution in [0.5, 0.6) is 5.75 Å². The van der Waals surface area contributed by atoms with Crippen molar-refractivity contribution in [3.05, 3.63) is 119 Å². The second kappa shape index (κ2) is 10.5. The molecule has 5 aromatic rings. The molecule has 1 aliphatic rings. The summed E-state index contributed by atoms with van der Waals surface area (Å²) < 4.78 is 9.73. The van der Waals surface area contributed by atoms with Crippen LogP contribution in [0.3, 0.4) is 0 Å². The van der Waals surface area contributed by atoms with Gasteiger partial charge >= 0.3 is 6.03 Å². The maximum atomic E-state index is 14.3. The highest BCUT2D eigenvalue weighted by molar-refractivity contribution is 5.92. The summed E-state index contributed by atoms with van der Waals surface area (Å²) >= 11 is 0. The highest BCUT2D eigenvalue weighted by Crippen LogP contribution is 2.39. The first-order valence-electron chi connectivity index (χ1n) is 13.7. The second-order valence-electron chi connectivity index (χ2n) is 10.6. The quantitative estimate of drug-likeness (QED) is 0.274. The lowest BCUT2D eigenvalue weighted by atomic mass is 10.0. The fraction of sp³-hybridized carbons (Fsp3) is 0.212. The average Bonchev–Trinajstić information content (AvgIpc) is 3.54. The van der Waals surface area contributed by atoms with Crippen LogP contribution in [0.4, 0.5) is 16.2 Å². The molecule has 208 valence electrons. The Bertz CT molecular complexity index is 1700. The number of benzene rings is 3. The molecular formula is C33H34N6O2. The van der Waals surface area contributed by atoms with Gasteiger partial charge in [0.05, 0.1) is 42.5 Å². The van der Waals surface area contributed by atoms with Gasteiger partial charge in [-0.05, 0) is 73.5 Å². The number of aryl methyl sites for hydroxylation is 2. The summed E-state index contributed by atoms with van der Waals surface area (Å²) in [5.41, 5.74) is 7.58. The molecule has 1 atom stereocenters. The van der Waals surface area contributed by atoms with Gasteiger partial charge in [0.15, 0.2) is 0 Å². The zero-order chi connectivity index (χ0) is 28.7. The van der Waals surface area contributed by atoms with E-state index >= 15 is 0 Å². The van der Waals surface area contributed by atoms with Gasteiger partial charge in [0.2, 0.25) is 0 Å². The molecule has 8 heteroatoms. The lowest BCUT2D eigenvalue weighted by molar-refractivity contribution is 0.194. The van der Waals surface area contributed by atoms with Crippen molar-refractivity contribution in [2.75, 3.05) is 31.4 Å². The zero-order valence-electron chi connectivity index (χ0n) is 24.0. The molecule has 1 aliphatic heterocycles. The lowest BCUT2D eigenvalue weighted by Gasteiger charge is -2.31. The van der Waals surface area contributed by atoms with Crippen LogP contribution in [0.1, 0.15) is 34.1 Å². The Balaban J connectivity index is 1.52. The summed E-state index contributed by atoms with van der Waals surface area (Å²) in [5.74, 6) is 1.55. The van der Waals surface area contributed by atoms with Gasteiger partial charge in [-0.2, -0.15) is 5.10 Å². The molecule has 1 unspecified atom stereocenters. The Hall–Kier alpha value is -4.98. The van der Waals surface area contributed by atoms with E-state index in [-0.39, 0.29) is 12.1 Å². The molecule has 8 nitrogen and oxygen atoms in total. The molecule has 6 rings (SSSR count). The molecule has 2 aromatic heterocycles. The number of carbonyl (C=O) groups is 1. The molecule has 3 aromatic carbocycles. The van der Waals surface area contributed by atoms with Crippen LogP contribution < -0.4 is 15.0 Å². The minimum atomic E-state index is -0.354. The van der Waals surface area contributed by atoms with Crippen LogP contribution in [0.15, 0.2) is 91.1 Å². The number of urea groups is 1. The Morgan fingerprint density at radius 1 is 0.976 bits per heavy atom. The Morgan fingerprint density at radius 3 is 2.44 bits per heavy atom. The molecule has 1 N–H and O–H groups in total. The molecule has 2 amide bonds. The summed E-state index contributed by atoms with van der Waals surface area (Å²) in [6, 6.07) is 27.8.